The number of carbonyl (C=O) groups excluding carboxylic acids is 1. The quantitative estimate of drug-likeness (QED) is 0.858. The Hall–Kier alpha value is -0.300. The lowest BCUT2D eigenvalue weighted by molar-refractivity contribution is 0.0951. The summed E-state index contributed by atoms with van der Waals surface area (Å²) in [5.74, 6) is 0.578. The Labute approximate surface area is 131 Å². The Kier molecular flexibility index (Phi) is 6.59. The van der Waals surface area contributed by atoms with Gasteiger partial charge in [-0.15, -0.1) is 23.7 Å². The predicted molar refractivity (Wildman–Crippen MR) is 83.9 cm³/mol. The smallest absolute Gasteiger partial charge is 0.265 e. The van der Waals surface area contributed by atoms with Crippen molar-refractivity contribution in [1.82, 2.24) is 10.6 Å². The van der Waals surface area contributed by atoms with Crippen LogP contribution in [0.3, 0.4) is 0 Å². The molecule has 7 heteroatoms. The molecule has 2 rings (SSSR count). The van der Waals surface area contributed by atoms with Gasteiger partial charge in [0.15, 0.2) is 5.75 Å². The Morgan fingerprint density at radius 1 is 1.63 bits per heavy atom. The average molecular weight is 370 g/mol. The first-order valence-electron chi connectivity index (χ1n) is 5.98. The maximum atomic E-state index is 12.1. The number of thiophene rings is 1. The zero-order valence-electron chi connectivity index (χ0n) is 10.9. The van der Waals surface area contributed by atoms with Crippen molar-refractivity contribution in [3.8, 4) is 5.75 Å². The standard InChI is InChI=1S/C12H17BrN2O2S.ClH/c1-7-9(13)10(17-2)11(18-7)12(16)15-6-8-4-3-5-14-8;/h8,14H,3-6H2,1-2H3,(H,15,16);1H. The summed E-state index contributed by atoms with van der Waals surface area (Å²) < 4.78 is 6.15. The molecule has 4 nitrogen and oxygen atoms in total. The number of hydrogen-bond acceptors (Lipinski definition) is 4. The molecular formula is C12H18BrClN2O2S. The minimum absolute atomic E-state index is 0. The van der Waals surface area contributed by atoms with Gasteiger partial charge >= 0.3 is 0 Å². The Balaban J connectivity index is 0.00000180. The number of halogens is 2. The molecule has 1 aromatic rings. The van der Waals surface area contributed by atoms with E-state index in [-0.39, 0.29) is 18.3 Å². The normalized spacial score (nSPS) is 17.9. The van der Waals surface area contributed by atoms with Crippen LogP contribution in [0.4, 0.5) is 0 Å². The highest BCUT2D eigenvalue weighted by atomic mass is 79.9. The lowest BCUT2D eigenvalue weighted by Gasteiger charge is -2.11. The number of methoxy groups -OCH3 is 1. The highest BCUT2D eigenvalue weighted by Crippen LogP contribution is 2.38. The molecule has 1 fully saturated rings. The van der Waals surface area contributed by atoms with Gasteiger partial charge in [-0.25, -0.2) is 0 Å². The van der Waals surface area contributed by atoms with E-state index in [4.69, 9.17) is 4.74 Å². The molecule has 1 aromatic heterocycles. The number of aryl methyl sites for hydroxylation is 1. The van der Waals surface area contributed by atoms with Crippen molar-refractivity contribution < 1.29 is 9.53 Å². The molecule has 108 valence electrons. The first-order valence-corrected chi connectivity index (χ1v) is 7.59. The van der Waals surface area contributed by atoms with Crippen LogP contribution in [0.1, 0.15) is 27.4 Å². The van der Waals surface area contributed by atoms with Crippen LogP contribution in [0.5, 0.6) is 5.75 Å². The van der Waals surface area contributed by atoms with Gasteiger partial charge in [0.1, 0.15) is 4.88 Å². The molecule has 2 N–H and O–H groups in total. The molecule has 0 aromatic carbocycles. The number of hydrogen-bond donors (Lipinski definition) is 2. The van der Waals surface area contributed by atoms with Gasteiger partial charge in [0.25, 0.3) is 5.91 Å². The molecule has 0 saturated carbocycles. The van der Waals surface area contributed by atoms with Crippen molar-refractivity contribution in [2.45, 2.75) is 25.8 Å². The summed E-state index contributed by atoms with van der Waals surface area (Å²) in [4.78, 5) is 13.8. The van der Waals surface area contributed by atoms with Gasteiger partial charge in [0, 0.05) is 17.5 Å². The lowest BCUT2D eigenvalue weighted by atomic mass is 10.2. The summed E-state index contributed by atoms with van der Waals surface area (Å²) in [5.41, 5.74) is 0. The van der Waals surface area contributed by atoms with Gasteiger partial charge in [-0.05, 0) is 42.2 Å². The van der Waals surface area contributed by atoms with Crippen LogP contribution in [0.15, 0.2) is 4.47 Å². The molecule has 1 aliphatic heterocycles. The summed E-state index contributed by atoms with van der Waals surface area (Å²) in [5, 5.41) is 6.32. The van der Waals surface area contributed by atoms with Crippen molar-refractivity contribution in [3.63, 3.8) is 0 Å². The maximum absolute atomic E-state index is 12.1. The molecule has 1 saturated heterocycles. The molecule has 1 atom stereocenters. The van der Waals surface area contributed by atoms with Crippen LogP contribution in [0, 0.1) is 6.92 Å². The van der Waals surface area contributed by atoms with E-state index in [2.05, 4.69) is 26.6 Å². The van der Waals surface area contributed by atoms with Crippen LogP contribution >= 0.6 is 39.7 Å². The van der Waals surface area contributed by atoms with Crippen molar-refractivity contribution in [2.75, 3.05) is 20.2 Å². The number of amides is 1. The first kappa shape index (κ1) is 16.8. The van der Waals surface area contributed by atoms with Crippen molar-refractivity contribution in [3.05, 3.63) is 14.2 Å². The van der Waals surface area contributed by atoms with Crippen molar-refractivity contribution in [1.29, 1.82) is 0 Å². The van der Waals surface area contributed by atoms with Crippen LogP contribution < -0.4 is 15.4 Å². The number of ether oxygens (including phenoxy) is 1. The topological polar surface area (TPSA) is 50.4 Å². The van der Waals surface area contributed by atoms with Crippen LogP contribution in [-0.4, -0.2) is 32.1 Å². The van der Waals surface area contributed by atoms with E-state index in [1.165, 1.54) is 17.8 Å². The third-order valence-electron chi connectivity index (χ3n) is 3.05. The number of nitrogens with one attached hydrogen (secondary N) is 2. The largest absolute Gasteiger partial charge is 0.494 e. The molecule has 1 unspecified atom stereocenters. The SMILES string of the molecule is COc1c(C(=O)NCC2CCCN2)sc(C)c1Br.Cl. The van der Waals surface area contributed by atoms with E-state index in [1.807, 2.05) is 6.92 Å². The van der Waals surface area contributed by atoms with Gasteiger partial charge in [-0.2, -0.15) is 0 Å². The molecule has 1 aliphatic rings. The highest BCUT2D eigenvalue weighted by molar-refractivity contribution is 9.10. The second-order valence-electron chi connectivity index (χ2n) is 4.34. The fourth-order valence-electron chi connectivity index (χ4n) is 2.06. The summed E-state index contributed by atoms with van der Waals surface area (Å²) in [7, 11) is 1.58. The molecule has 19 heavy (non-hydrogen) atoms. The maximum Gasteiger partial charge on any atom is 0.265 e. The monoisotopic (exact) mass is 368 g/mol. The molecule has 1 amide bonds. The fourth-order valence-corrected chi connectivity index (χ4v) is 3.73. The summed E-state index contributed by atoms with van der Waals surface area (Å²) in [6, 6.07) is 0.407. The molecule has 2 heterocycles. The van der Waals surface area contributed by atoms with E-state index >= 15 is 0 Å². The minimum atomic E-state index is -0.0562. The van der Waals surface area contributed by atoms with E-state index in [9.17, 15) is 4.79 Å². The third-order valence-corrected chi connectivity index (χ3v) is 5.35. The highest BCUT2D eigenvalue weighted by Gasteiger charge is 2.22. The Morgan fingerprint density at radius 2 is 2.37 bits per heavy atom. The average Bonchev–Trinajstić information content (AvgIpc) is 2.96. The molecule has 0 spiro atoms. The number of rotatable bonds is 4. The minimum Gasteiger partial charge on any atom is -0.494 e. The van der Waals surface area contributed by atoms with Gasteiger partial charge in [-0.3, -0.25) is 4.79 Å². The van der Waals surface area contributed by atoms with Gasteiger partial charge in [-0.1, -0.05) is 0 Å². The van der Waals surface area contributed by atoms with Gasteiger partial charge in [0.2, 0.25) is 0 Å². The Bertz CT molecular complexity index is 447. The molecule has 0 aliphatic carbocycles. The molecule has 0 bridgehead atoms. The number of carbonyl (C=O) groups is 1. The van der Waals surface area contributed by atoms with Crippen LogP contribution in [0.2, 0.25) is 0 Å². The van der Waals surface area contributed by atoms with E-state index in [0.29, 0.717) is 23.2 Å². The molecular weight excluding hydrogens is 352 g/mol. The predicted octanol–water partition coefficient (Wildman–Crippen LogP) is 2.73. The van der Waals surface area contributed by atoms with E-state index in [0.717, 1.165) is 22.3 Å². The summed E-state index contributed by atoms with van der Waals surface area (Å²) in [6.45, 7) is 3.69. The summed E-state index contributed by atoms with van der Waals surface area (Å²) in [6.07, 6.45) is 2.32. The van der Waals surface area contributed by atoms with E-state index in [1.54, 1.807) is 7.11 Å². The van der Waals surface area contributed by atoms with Gasteiger partial charge < -0.3 is 15.4 Å². The molecule has 0 radical (unpaired) electrons. The zero-order valence-corrected chi connectivity index (χ0v) is 14.1. The lowest BCUT2D eigenvalue weighted by Crippen LogP contribution is -2.36. The van der Waals surface area contributed by atoms with Crippen molar-refractivity contribution in [2.24, 2.45) is 0 Å². The summed E-state index contributed by atoms with van der Waals surface area (Å²) >= 11 is 4.89. The second-order valence-corrected chi connectivity index (χ2v) is 6.36. The van der Waals surface area contributed by atoms with Crippen molar-refractivity contribution >= 4 is 45.6 Å². The van der Waals surface area contributed by atoms with E-state index < -0.39 is 0 Å². The van der Waals surface area contributed by atoms with Crippen LogP contribution in [-0.2, 0) is 0 Å². The van der Waals surface area contributed by atoms with Gasteiger partial charge in [0.05, 0.1) is 11.6 Å². The second kappa shape index (κ2) is 7.47. The fraction of sp³-hybridized carbons (Fsp3) is 0.583. The zero-order chi connectivity index (χ0) is 13.1. The first-order chi connectivity index (χ1) is 8.63. The van der Waals surface area contributed by atoms with Crippen LogP contribution in [0.25, 0.3) is 0 Å². The Morgan fingerprint density at radius 3 is 2.95 bits per heavy atom. The third kappa shape index (κ3) is 3.84.